The maximum Gasteiger partial charge on any atom is 0.126 e. The summed E-state index contributed by atoms with van der Waals surface area (Å²) < 4.78 is 2.28. The van der Waals surface area contributed by atoms with Crippen LogP contribution >= 0.6 is 0 Å². The average molecular weight is 284 g/mol. The first-order valence-corrected chi connectivity index (χ1v) is 8.16. The summed E-state index contributed by atoms with van der Waals surface area (Å²) in [4.78, 5) is 7.22. The fraction of sp³-hybridized carbons (Fsp3) is 0.588. The maximum atomic E-state index is 4.65. The number of aromatic nitrogens is 2. The van der Waals surface area contributed by atoms with Gasteiger partial charge in [-0.05, 0) is 57.8 Å². The van der Waals surface area contributed by atoms with Gasteiger partial charge in [0.1, 0.15) is 5.82 Å². The summed E-state index contributed by atoms with van der Waals surface area (Å²) in [5, 5.41) is 4.96. The number of piperidine rings is 3. The molecule has 1 atom stereocenters. The second kappa shape index (κ2) is 5.02. The minimum atomic E-state index is 0.477. The number of rotatable bonds is 3. The molecule has 0 saturated carbocycles. The van der Waals surface area contributed by atoms with E-state index in [0.717, 1.165) is 11.7 Å². The van der Waals surface area contributed by atoms with Crippen LogP contribution in [0.1, 0.15) is 32.7 Å². The lowest BCUT2D eigenvalue weighted by atomic mass is 9.84. The van der Waals surface area contributed by atoms with E-state index < -0.39 is 0 Å². The van der Waals surface area contributed by atoms with Crippen molar-refractivity contribution in [3.8, 4) is 0 Å². The number of hydrogen-bond acceptors (Lipinski definition) is 3. The molecule has 1 N–H and O–H groups in total. The van der Waals surface area contributed by atoms with Crippen molar-refractivity contribution in [1.29, 1.82) is 0 Å². The van der Waals surface area contributed by atoms with Crippen molar-refractivity contribution in [2.75, 3.05) is 25.0 Å². The first-order chi connectivity index (χ1) is 10.2. The zero-order chi connectivity index (χ0) is 14.4. The van der Waals surface area contributed by atoms with E-state index in [9.17, 15) is 0 Å². The van der Waals surface area contributed by atoms with Crippen LogP contribution < -0.4 is 5.32 Å². The van der Waals surface area contributed by atoms with Crippen LogP contribution in [0.2, 0.25) is 0 Å². The van der Waals surface area contributed by atoms with Crippen molar-refractivity contribution in [3.63, 3.8) is 0 Å². The molecule has 2 bridgehead atoms. The van der Waals surface area contributed by atoms with Crippen molar-refractivity contribution in [2.45, 2.75) is 38.8 Å². The molecule has 3 saturated heterocycles. The predicted molar refractivity (Wildman–Crippen MR) is 86.7 cm³/mol. The molecular weight excluding hydrogens is 260 g/mol. The maximum absolute atomic E-state index is 4.65. The molecule has 0 aliphatic carbocycles. The van der Waals surface area contributed by atoms with E-state index in [1.54, 1.807) is 0 Å². The van der Waals surface area contributed by atoms with Crippen LogP contribution in [0.25, 0.3) is 10.9 Å². The highest BCUT2D eigenvalue weighted by atomic mass is 15.2. The zero-order valence-corrected chi connectivity index (χ0v) is 12.9. The lowest BCUT2D eigenvalue weighted by Gasteiger charge is -2.45. The Kier molecular flexibility index (Phi) is 3.14. The van der Waals surface area contributed by atoms with Gasteiger partial charge in [-0.1, -0.05) is 0 Å². The Morgan fingerprint density at radius 3 is 2.76 bits per heavy atom. The van der Waals surface area contributed by atoms with Gasteiger partial charge < -0.3 is 14.8 Å². The van der Waals surface area contributed by atoms with E-state index in [4.69, 9.17) is 0 Å². The Balaban J connectivity index is 1.57. The molecule has 112 valence electrons. The molecule has 4 heteroatoms. The highest BCUT2D eigenvalue weighted by Crippen LogP contribution is 2.30. The lowest BCUT2D eigenvalue weighted by Crippen LogP contribution is -2.53. The Bertz CT molecular complexity index is 637. The highest BCUT2D eigenvalue weighted by Gasteiger charge is 2.34. The molecule has 0 amide bonds. The van der Waals surface area contributed by atoms with Gasteiger partial charge in [0.25, 0.3) is 0 Å². The summed E-state index contributed by atoms with van der Waals surface area (Å²) in [6.45, 7) is 8.16. The fourth-order valence-electron chi connectivity index (χ4n) is 3.90. The third kappa shape index (κ3) is 2.31. The van der Waals surface area contributed by atoms with Gasteiger partial charge in [-0.2, -0.15) is 0 Å². The molecule has 21 heavy (non-hydrogen) atoms. The number of nitrogens with one attached hydrogen (secondary N) is 1. The van der Waals surface area contributed by atoms with Crippen LogP contribution in [0.3, 0.4) is 0 Å². The van der Waals surface area contributed by atoms with E-state index in [1.807, 2.05) is 6.20 Å². The lowest BCUT2D eigenvalue weighted by molar-refractivity contribution is 0.0974. The second-order valence-electron chi connectivity index (χ2n) is 6.83. The molecular formula is C17H24N4. The van der Waals surface area contributed by atoms with Crippen LogP contribution in [-0.4, -0.2) is 40.1 Å². The van der Waals surface area contributed by atoms with Gasteiger partial charge in [0.15, 0.2) is 0 Å². The van der Waals surface area contributed by atoms with E-state index in [-0.39, 0.29) is 0 Å². The second-order valence-corrected chi connectivity index (χ2v) is 6.83. The third-order valence-electron chi connectivity index (χ3n) is 5.15. The van der Waals surface area contributed by atoms with Crippen molar-refractivity contribution in [3.05, 3.63) is 24.5 Å². The molecule has 0 radical (unpaired) electrons. The number of nitrogens with zero attached hydrogens (tertiary/aromatic N) is 3. The van der Waals surface area contributed by atoms with Crippen LogP contribution in [0.4, 0.5) is 5.82 Å². The molecule has 4 nitrogen and oxygen atoms in total. The molecule has 0 aromatic carbocycles. The normalized spacial score (nSPS) is 28.4. The molecule has 3 aliphatic rings. The molecule has 5 rings (SSSR count). The minimum Gasteiger partial charge on any atom is -0.366 e. The first kappa shape index (κ1) is 13.1. The first-order valence-electron chi connectivity index (χ1n) is 8.16. The molecule has 0 unspecified atom stereocenters. The van der Waals surface area contributed by atoms with E-state index in [2.05, 4.69) is 51.9 Å². The van der Waals surface area contributed by atoms with Crippen molar-refractivity contribution in [2.24, 2.45) is 5.92 Å². The Hall–Kier alpha value is -1.55. The number of hydrogen-bond donors (Lipinski definition) is 1. The molecule has 5 heterocycles. The summed E-state index contributed by atoms with van der Waals surface area (Å²) in [5.41, 5.74) is 1.23. The molecule has 2 aromatic heterocycles. The van der Waals surface area contributed by atoms with Gasteiger partial charge >= 0.3 is 0 Å². The summed E-state index contributed by atoms with van der Waals surface area (Å²) in [6, 6.07) is 5.44. The summed E-state index contributed by atoms with van der Waals surface area (Å²) >= 11 is 0. The third-order valence-corrected chi connectivity index (χ3v) is 5.15. The molecule has 3 fully saturated rings. The van der Waals surface area contributed by atoms with Crippen LogP contribution in [0.15, 0.2) is 24.5 Å². The highest BCUT2D eigenvalue weighted by molar-refractivity contribution is 5.82. The monoisotopic (exact) mass is 284 g/mol. The van der Waals surface area contributed by atoms with Crippen LogP contribution in [0, 0.1) is 5.92 Å². The van der Waals surface area contributed by atoms with Crippen LogP contribution in [-0.2, 0) is 0 Å². The minimum absolute atomic E-state index is 0.477. The smallest absolute Gasteiger partial charge is 0.126 e. The average Bonchev–Trinajstić information content (AvgIpc) is 2.92. The van der Waals surface area contributed by atoms with E-state index in [0.29, 0.717) is 12.1 Å². The quantitative estimate of drug-likeness (QED) is 0.940. The number of fused-ring (bicyclic) bond motifs is 4. The fourth-order valence-corrected chi connectivity index (χ4v) is 3.90. The van der Waals surface area contributed by atoms with E-state index >= 15 is 0 Å². The standard InChI is InChI=1S/C17H24N4/c1-12(2)21-8-5-14-9-17(18-10-16(14)21)19-15-11-20-6-3-13(15)4-7-20/h5,8-10,12-13,15H,3-4,6-7,11H2,1-2H3,(H,18,19)/t15-/m0/s1. The Morgan fingerprint density at radius 1 is 1.29 bits per heavy atom. The zero-order valence-electron chi connectivity index (χ0n) is 12.9. The van der Waals surface area contributed by atoms with Gasteiger partial charge in [0.2, 0.25) is 0 Å². The topological polar surface area (TPSA) is 33.1 Å². The van der Waals surface area contributed by atoms with Gasteiger partial charge in [0, 0.05) is 30.2 Å². The van der Waals surface area contributed by atoms with Gasteiger partial charge in [-0.3, -0.25) is 0 Å². The Labute approximate surface area is 126 Å². The van der Waals surface area contributed by atoms with Crippen molar-refractivity contribution < 1.29 is 0 Å². The number of pyridine rings is 1. The molecule has 2 aromatic rings. The summed E-state index contributed by atoms with van der Waals surface area (Å²) in [6.07, 6.45) is 6.85. The number of anilines is 1. The van der Waals surface area contributed by atoms with Gasteiger partial charge in [-0.15, -0.1) is 0 Å². The molecule has 0 spiro atoms. The summed E-state index contributed by atoms with van der Waals surface area (Å²) in [5.74, 6) is 1.86. The predicted octanol–water partition coefficient (Wildman–Crippen LogP) is 3.12. The SMILES string of the molecule is CC(C)n1ccc2cc(N[C@H]3CN4CCC3CC4)ncc21. The van der Waals surface area contributed by atoms with Gasteiger partial charge in [-0.25, -0.2) is 4.98 Å². The van der Waals surface area contributed by atoms with Crippen molar-refractivity contribution >= 4 is 16.7 Å². The largest absolute Gasteiger partial charge is 0.366 e. The van der Waals surface area contributed by atoms with Gasteiger partial charge in [0.05, 0.1) is 11.7 Å². The molecule has 3 aliphatic heterocycles. The summed E-state index contributed by atoms with van der Waals surface area (Å²) in [7, 11) is 0. The van der Waals surface area contributed by atoms with Crippen molar-refractivity contribution in [1.82, 2.24) is 14.5 Å². The van der Waals surface area contributed by atoms with E-state index in [1.165, 1.54) is 43.4 Å². The Morgan fingerprint density at radius 2 is 2.10 bits per heavy atom. The van der Waals surface area contributed by atoms with Crippen LogP contribution in [0.5, 0.6) is 0 Å².